The number of thiazole rings is 1. The van der Waals surface area contributed by atoms with Crippen LogP contribution in [0.15, 0.2) is 5.38 Å². The van der Waals surface area contributed by atoms with E-state index < -0.39 is 0 Å². The normalized spacial score (nSPS) is 10.1. The molecule has 0 unspecified atom stereocenters. The van der Waals surface area contributed by atoms with E-state index in [1.165, 1.54) is 11.3 Å². The average Bonchev–Trinajstić information content (AvgIpc) is 2.51. The summed E-state index contributed by atoms with van der Waals surface area (Å²) in [4.78, 5) is 25.9. The number of ketones is 1. The standard InChI is InChI=1S/C9H12N2O2S/c1-6-11-7(5-14-6)8(12)3-2-4-9(10)13/h5H,2-4H2,1H3,(H2,10,13). The third-order valence-corrected chi connectivity index (χ3v) is 2.51. The first-order chi connectivity index (χ1) is 6.59. The van der Waals surface area contributed by atoms with Gasteiger partial charge in [0.25, 0.3) is 0 Å². The minimum atomic E-state index is -0.368. The summed E-state index contributed by atoms with van der Waals surface area (Å²) < 4.78 is 0. The van der Waals surface area contributed by atoms with Crippen LogP contribution in [0.1, 0.15) is 34.8 Å². The molecule has 0 saturated carbocycles. The molecule has 0 aliphatic heterocycles. The highest BCUT2D eigenvalue weighted by Crippen LogP contribution is 2.11. The average molecular weight is 212 g/mol. The third kappa shape index (κ3) is 3.26. The minimum Gasteiger partial charge on any atom is -0.370 e. The molecule has 0 saturated heterocycles. The van der Waals surface area contributed by atoms with Crippen molar-refractivity contribution in [3.05, 3.63) is 16.1 Å². The number of aromatic nitrogens is 1. The SMILES string of the molecule is Cc1nc(C(=O)CCCC(N)=O)cs1. The molecular formula is C9H12N2O2S. The van der Waals surface area contributed by atoms with Gasteiger partial charge in [-0.05, 0) is 13.3 Å². The molecular weight excluding hydrogens is 200 g/mol. The summed E-state index contributed by atoms with van der Waals surface area (Å²) in [6.07, 6.45) is 1.10. The summed E-state index contributed by atoms with van der Waals surface area (Å²) in [6, 6.07) is 0. The lowest BCUT2D eigenvalue weighted by Crippen LogP contribution is -2.11. The Bertz CT molecular complexity index is 346. The van der Waals surface area contributed by atoms with Crippen molar-refractivity contribution in [1.82, 2.24) is 4.98 Å². The first-order valence-electron chi connectivity index (χ1n) is 4.33. The lowest BCUT2D eigenvalue weighted by Gasteiger charge is -1.95. The number of amides is 1. The topological polar surface area (TPSA) is 73.1 Å². The van der Waals surface area contributed by atoms with Crippen molar-refractivity contribution in [3.8, 4) is 0 Å². The first kappa shape index (κ1) is 10.8. The smallest absolute Gasteiger partial charge is 0.217 e. The van der Waals surface area contributed by atoms with E-state index in [9.17, 15) is 9.59 Å². The molecule has 0 radical (unpaired) electrons. The highest BCUT2D eigenvalue weighted by Gasteiger charge is 2.09. The monoisotopic (exact) mass is 212 g/mol. The van der Waals surface area contributed by atoms with Gasteiger partial charge in [0.1, 0.15) is 5.69 Å². The number of carbonyl (C=O) groups is 2. The van der Waals surface area contributed by atoms with Gasteiger partial charge >= 0.3 is 0 Å². The molecule has 0 aliphatic rings. The fraction of sp³-hybridized carbons (Fsp3) is 0.444. The number of Topliss-reactive ketones (excluding diaryl/α,β-unsaturated/α-hetero) is 1. The molecule has 1 aromatic rings. The van der Waals surface area contributed by atoms with Gasteiger partial charge in [-0.25, -0.2) is 4.98 Å². The summed E-state index contributed by atoms with van der Waals surface area (Å²) in [5.74, 6) is -0.386. The molecule has 14 heavy (non-hydrogen) atoms. The van der Waals surface area contributed by atoms with Crippen molar-refractivity contribution in [1.29, 1.82) is 0 Å². The second kappa shape index (κ2) is 4.85. The second-order valence-corrected chi connectivity index (χ2v) is 4.06. The number of primary amides is 1. The molecule has 0 fully saturated rings. The van der Waals surface area contributed by atoms with E-state index in [0.717, 1.165) is 5.01 Å². The molecule has 1 heterocycles. The maximum atomic E-state index is 11.4. The lowest BCUT2D eigenvalue weighted by molar-refractivity contribution is -0.118. The number of aryl methyl sites for hydroxylation is 1. The van der Waals surface area contributed by atoms with E-state index in [4.69, 9.17) is 5.73 Å². The Morgan fingerprint density at radius 2 is 2.21 bits per heavy atom. The van der Waals surface area contributed by atoms with Crippen LogP contribution < -0.4 is 5.73 Å². The van der Waals surface area contributed by atoms with Gasteiger partial charge in [0.2, 0.25) is 5.91 Å². The fourth-order valence-electron chi connectivity index (χ4n) is 1.04. The number of hydrogen-bond acceptors (Lipinski definition) is 4. The molecule has 1 rings (SSSR count). The number of rotatable bonds is 5. The highest BCUT2D eigenvalue weighted by atomic mass is 32.1. The Labute approximate surface area is 86.1 Å². The van der Waals surface area contributed by atoms with Gasteiger partial charge in [0, 0.05) is 18.2 Å². The van der Waals surface area contributed by atoms with E-state index in [0.29, 0.717) is 18.5 Å². The first-order valence-corrected chi connectivity index (χ1v) is 5.21. The molecule has 0 aromatic carbocycles. The van der Waals surface area contributed by atoms with E-state index in [-0.39, 0.29) is 18.1 Å². The van der Waals surface area contributed by atoms with E-state index >= 15 is 0 Å². The zero-order valence-corrected chi connectivity index (χ0v) is 8.76. The van der Waals surface area contributed by atoms with Crippen molar-refractivity contribution >= 4 is 23.0 Å². The van der Waals surface area contributed by atoms with Gasteiger partial charge in [0.15, 0.2) is 5.78 Å². The zero-order valence-electron chi connectivity index (χ0n) is 7.95. The van der Waals surface area contributed by atoms with Gasteiger partial charge in [-0.3, -0.25) is 9.59 Å². The van der Waals surface area contributed by atoms with Crippen LogP contribution in [-0.2, 0) is 4.79 Å². The van der Waals surface area contributed by atoms with Crippen molar-refractivity contribution in [2.75, 3.05) is 0 Å². The Morgan fingerprint density at radius 1 is 1.50 bits per heavy atom. The molecule has 0 bridgehead atoms. The fourth-order valence-corrected chi connectivity index (χ4v) is 1.66. The number of nitrogens with zero attached hydrogens (tertiary/aromatic N) is 1. The maximum absolute atomic E-state index is 11.4. The molecule has 2 N–H and O–H groups in total. The molecule has 4 nitrogen and oxygen atoms in total. The predicted octanol–water partition coefficient (Wildman–Crippen LogP) is 1.29. The van der Waals surface area contributed by atoms with E-state index in [1.54, 1.807) is 5.38 Å². The van der Waals surface area contributed by atoms with Crippen LogP contribution in [-0.4, -0.2) is 16.7 Å². The summed E-state index contributed by atoms with van der Waals surface area (Å²) in [6.45, 7) is 1.85. The third-order valence-electron chi connectivity index (χ3n) is 1.73. The second-order valence-electron chi connectivity index (χ2n) is 2.99. The van der Waals surface area contributed by atoms with Gasteiger partial charge in [-0.1, -0.05) is 0 Å². The molecule has 76 valence electrons. The summed E-state index contributed by atoms with van der Waals surface area (Å²) >= 11 is 1.45. The largest absolute Gasteiger partial charge is 0.370 e. The molecule has 0 atom stereocenters. The Balaban J connectivity index is 2.39. The van der Waals surface area contributed by atoms with Crippen LogP contribution in [0.3, 0.4) is 0 Å². The van der Waals surface area contributed by atoms with Crippen LogP contribution >= 0.6 is 11.3 Å². The van der Waals surface area contributed by atoms with E-state index in [1.807, 2.05) is 6.92 Å². The van der Waals surface area contributed by atoms with Gasteiger partial charge < -0.3 is 5.73 Å². The lowest BCUT2D eigenvalue weighted by atomic mass is 10.1. The van der Waals surface area contributed by atoms with Crippen molar-refractivity contribution in [3.63, 3.8) is 0 Å². The number of nitrogens with two attached hydrogens (primary N) is 1. The van der Waals surface area contributed by atoms with Crippen molar-refractivity contribution in [2.45, 2.75) is 26.2 Å². The van der Waals surface area contributed by atoms with Gasteiger partial charge in [-0.15, -0.1) is 11.3 Å². The van der Waals surface area contributed by atoms with Crippen LogP contribution in [0.2, 0.25) is 0 Å². The van der Waals surface area contributed by atoms with E-state index in [2.05, 4.69) is 4.98 Å². The number of hydrogen-bond donors (Lipinski definition) is 1. The molecule has 5 heteroatoms. The summed E-state index contributed by atoms with van der Waals surface area (Å²) in [7, 11) is 0. The maximum Gasteiger partial charge on any atom is 0.217 e. The Morgan fingerprint density at radius 3 is 2.71 bits per heavy atom. The molecule has 0 aliphatic carbocycles. The molecule has 1 aromatic heterocycles. The Hall–Kier alpha value is -1.23. The number of carbonyl (C=O) groups excluding carboxylic acids is 2. The summed E-state index contributed by atoms with van der Waals surface area (Å²) in [5.41, 5.74) is 5.45. The van der Waals surface area contributed by atoms with Crippen molar-refractivity contribution < 1.29 is 9.59 Å². The zero-order chi connectivity index (χ0) is 10.6. The van der Waals surface area contributed by atoms with Crippen LogP contribution in [0.5, 0.6) is 0 Å². The van der Waals surface area contributed by atoms with Crippen LogP contribution in [0, 0.1) is 6.92 Å². The van der Waals surface area contributed by atoms with Gasteiger partial charge in [0.05, 0.1) is 5.01 Å². The highest BCUT2D eigenvalue weighted by molar-refractivity contribution is 7.09. The predicted molar refractivity (Wildman–Crippen MR) is 54.2 cm³/mol. The molecule has 0 spiro atoms. The van der Waals surface area contributed by atoms with Crippen LogP contribution in [0.4, 0.5) is 0 Å². The molecule has 1 amide bonds. The quantitative estimate of drug-likeness (QED) is 0.747. The van der Waals surface area contributed by atoms with Gasteiger partial charge in [-0.2, -0.15) is 0 Å². The van der Waals surface area contributed by atoms with Crippen molar-refractivity contribution in [2.24, 2.45) is 5.73 Å². The summed E-state index contributed by atoms with van der Waals surface area (Å²) in [5, 5.41) is 2.62. The van der Waals surface area contributed by atoms with Crippen LogP contribution in [0.25, 0.3) is 0 Å². The minimum absolute atomic E-state index is 0.0180. The Kier molecular flexibility index (Phi) is 3.76.